The Morgan fingerprint density at radius 2 is 2.24 bits per heavy atom. The van der Waals surface area contributed by atoms with Gasteiger partial charge >= 0.3 is 0 Å². The Bertz CT molecular complexity index is 367. The average Bonchev–Trinajstić information content (AvgIpc) is 2.34. The number of nitrogens with zero attached hydrogens (tertiary/aromatic N) is 1. The molecule has 5 nitrogen and oxygen atoms in total. The van der Waals surface area contributed by atoms with E-state index in [0.29, 0.717) is 5.75 Å². The third-order valence-corrected chi connectivity index (χ3v) is 2.14. The molecule has 0 bridgehead atoms. The van der Waals surface area contributed by atoms with E-state index in [2.05, 4.69) is 5.32 Å². The molecular formula is C12H18N2O3. The largest absolute Gasteiger partial charge is 0.484 e. The maximum Gasteiger partial charge on any atom is 0.258 e. The molecule has 0 saturated carbocycles. The summed E-state index contributed by atoms with van der Waals surface area (Å²) in [5.41, 5.74) is 1.01. The van der Waals surface area contributed by atoms with Gasteiger partial charge in [-0.25, -0.2) is 0 Å². The van der Waals surface area contributed by atoms with Crippen molar-refractivity contribution in [3.63, 3.8) is 0 Å². The first-order chi connectivity index (χ1) is 8.13. The predicted molar refractivity (Wildman–Crippen MR) is 66.4 cm³/mol. The van der Waals surface area contributed by atoms with Crippen molar-refractivity contribution in [2.75, 3.05) is 38.8 Å². The fourth-order valence-electron chi connectivity index (χ4n) is 1.25. The van der Waals surface area contributed by atoms with Gasteiger partial charge in [0.2, 0.25) is 0 Å². The van der Waals surface area contributed by atoms with Crippen molar-refractivity contribution >= 4 is 11.6 Å². The molecule has 0 unspecified atom stereocenters. The third-order valence-electron chi connectivity index (χ3n) is 2.14. The molecule has 0 radical (unpaired) electrons. The number of carbonyl (C=O) groups excluding carboxylic acids is 1. The lowest BCUT2D eigenvalue weighted by Gasteiger charge is -2.13. The van der Waals surface area contributed by atoms with Gasteiger partial charge in [0, 0.05) is 32.4 Å². The van der Waals surface area contributed by atoms with Crippen LogP contribution in [0.15, 0.2) is 24.3 Å². The number of amides is 1. The molecule has 1 aromatic rings. The van der Waals surface area contributed by atoms with E-state index in [0.717, 1.165) is 5.69 Å². The number of carbonyl (C=O) groups is 1. The summed E-state index contributed by atoms with van der Waals surface area (Å²) in [6.07, 6.45) is 0. The minimum atomic E-state index is -0.241. The van der Waals surface area contributed by atoms with Crippen molar-refractivity contribution in [1.82, 2.24) is 5.32 Å². The van der Waals surface area contributed by atoms with Crippen LogP contribution in [0.4, 0.5) is 5.69 Å². The van der Waals surface area contributed by atoms with E-state index in [1.807, 2.05) is 37.2 Å². The molecule has 0 aliphatic rings. The summed E-state index contributed by atoms with van der Waals surface area (Å²) in [6.45, 7) is 0.138. The normalized spacial score (nSPS) is 9.82. The van der Waals surface area contributed by atoms with Crippen molar-refractivity contribution in [2.24, 2.45) is 0 Å². The predicted octanol–water partition coefficient (Wildman–Crippen LogP) is 0.240. The molecule has 1 amide bonds. The molecule has 0 spiro atoms. The van der Waals surface area contributed by atoms with Gasteiger partial charge in [0.1, 0.15) is 5.75 Å². The van der Waals surface area contributed by atoms with Crippen LogP contribution in [0.1, 0.15) is 0 Å². The first kappa shape index (κ1) is 13.3. The summed E-state index contributed by atoms with van der Waals surface area (Å²) in [6, 6.07) is 7.49. The first-order valence-corrected chi connectivity index (χ1v) is 5.41. The first-order valence-electron chi connectivity index (χ1n) is 5.41. The van der Waals surface area contributed by atoms with Crippen molar-refractivity contribution in [1.29, 1.82) is 0 Å². The molecule has 0 aliphatic carbocycles. The molecule has 1 aromatic carbocycles. The zero-order chi connectivity index (χ0) is 12.7. The lowest BCUT2D eigenvalue weighted by atomic mass is 10.3. The highest BCUT2D eigenvalue weighted by molar-refractivity contribution is 5.77. The molecule has 17 heavy (non-hydrogen) atoms. The second-order valence-electron chi connectivity index (χ2n) is 3.75. The highest BCUT2D eigenvalue weighted by Gasteiger charge is 2.03. The van der Waals surface area contributed by atoms with Crippen LogP contribution in [0.25, 0.3) is 0 Å². The SMILES string of the molecule is CN(C)c1cccc(OCC(=O)NCCO)c1. The second kappa shape index (κ2) is 6.75. The fraction of sp³-hybridized carbons (Fsp3) is 0.417. The standard InChI is InChI=1S/C12H18N2O3/c1-14(2)10-4-3-5-11(8-10)17-9-12(16)13-6-7-15/h3-5,8,15H,6-7,9H2,1-2H3,(H,13,16). The van der Waals surface area contributed by atoms with Crippen LogP contribution < -0.4 is 15.0 Å². The number of rotatable bonds is 6. The van der Waals surface area contributed by atoms with Gasteiger partial charge in [-0.2, -0.15) is 0 Å². The van der Waals surface area contributed by atoms with E-state index in [1.165, 1.54) is 0 Å². The van der Waals surface area contributed by atoms with E-state index in [1.54, 1.807) is 6.07 Å². The number of hydrogen-bond acceptors (Lipinski definition) is 4. The number of nitrogens with one attached hydrogen (secondary N) is 1. The summed E-state index contributed by atoms with van der Waals surface area (Å²) in [4.78, 5) is 13.2. The molecule has 94 valence electrons. The van der Waals surface area contributed by atoms with Crippen molar-refractivity contribution < 1.29 is 14.6 Å². The summed E-state index contributed by atoms with van der Waals surface area (Å²) in [5.74, 6) is 0.407. The molecule has 0 atom stereocenters. The van der Waals surface area contributed by atoms with Crippen LogP contribution in [0.5, 0.6) is 5.75 Å². The molecule has 2 N–H and O–H groups in total. The topological polar surface area (TPSA) is 61.8 Å². The van der Waals surface area contributed by atoms with E-state index >= 15 is 0 Å². The van der Waals surface area contributed by atoms with E-state index in [4.69, 9.17) is 9.84 Å². The highest BCUT2D eigenvalue weighted by atomic mass is 16.5. The number of ether oxygens (including phenoxy) is 1. The Balaban J connectivity index is 2.46. The Labute approximate surface area is 101 Å². The van der Waals surface area contributed by atoms with Crippen LogP contribution in [-0.2, 0) is 4.79 Å². The highest BCUT2D eigenvalue weighted by Crippen LogP contribution is 2.18. The molecule has 5 heteroatoms. The van der Waals surface area contributed by atoms with Gasteiger partial charge in [0.25, 0.3) is 5.91 Å². The molecule has 0 aromatic heterocycles. The van der Waals surface area contributed by atoms with Crippen LogP contribution in [0, 0.1) is 0 Å². The molecule has 0 saturated heterocycles. The fourth-order valence-corrected chi connectivity index (χ4v) is 1.25. The van der Waals surface area contributed by atoms with Crippen LogP contribution in [-0.4, -0.2) is 44.9 Å². The molecule has 0 fully saturated rings. The Morgan fingerprint density at radius 1 is 1.47 bits per heavy atom. The van der Waals surface area contributed by atoms with Crippen LogP contribution in [0.3, 0.4) is 0 Å². The molecule has 1 rings (SSSR count). The van der Waals surface area contributed by atoms with Gasteiger partial charge in [-0.05, 0) is 12.1 Å². The second-order valence-corrected chi connectivity index (χ2v) is 3.75. The minimum absolute atomic E-state index is 0.0448. The van der Waals surface area contributed by atoms with Gasteiger partial charge in [-0.3, -0.25) is 4.79 Å². The minimum Gasteiger partial charge on any atom is -0.484 e. The van der Waals surface area contributed by atoms with Gasteiger partial charge in [0.05, 0.1) is 6.61 Å². The number of anilines is 1. The van der Waals surface area contributed by atoms with Gasteiger partial charge < -0.3 is 20.1 Å². The Kier molecular flexibility index (Phi) is 5.29. The number of hydrogen-bond donors (Lipinski definition) is 2. The number of aliphatic hydroxyl groups is 1. The number of benzene rings is 1. The summed E-state index contributed by atoms with van der Waals surface area (Å²) in [5, 5.41) is 11.1. The zero-order valence-electron chi connectivity index (χ0n) is 10.1. The quantitative estimate of drug-likeness (QED) is 0.745. The average molecular weight is 238 g/mol. The van der Waals surface area contributed by atoms with Crippen molar-refractivity contribution in [3.8, 4) is 5.75 Å². The lowest BCUT2D eigenvalue weighted by molar-refractivity contribution is -0.123. The van der Waals surface area contributed by atoms with Crippen molar-refractivity contribution in [2.45, 2.75) is 0 Å². The lowest BCUT2D eigenvalue weighted by Crippen LogP contribution is -2.31. The Morgan fingerprint density at radius 3 is 2.88 bits per heavy atom. The summed E-state index contributed by atoms with van der Waals surface area (Å²) >= 11 is 0. The van der Waals surface area contributed by atoms with E-state index in [9.17, 15) is 4.79 Å². The van der Waals surface area contributed by atoms with Crippen molar-refractivity contribution in [3.05, 3.63) is 24.3 Å². The van der Waals surface area contributed by atoms with E-state index in [-0.39, 0.29) is 25.7 Å². The number of aliphatic hydroxyl groups excluding tert-OH is 1. The Hall–Kier alpha value is -1.75. The zero-order valence-corrected chi connectivity index (χ0v) is 10.1. The van der Waals surface area contributed by atoms with E-state index < -0.39 is 0 Å². The van der Waals surface area contributed by atoms with Gasteiger partial charge in [0.15, 0.2) is 6.61 Å². The van der Waals surface area contributed by atoms with Gasteiger partial charge in [-0.1, -0.05) is 6.07 Å². The summed E-state index contributed by atoms with van der Waals surface area (Å²) < 4.78 is 5.34. The third kappa shape index (κ3) is 4.74. The van der Waals surface area contributed by atoms with Crippen LogP contribution >= 0.6 is 0 Å². The maximum absolute atomic E-state index is 11.2. The van der Waals surface area contributed by atoms with Gasteiger partial charge in [-0.15, -0.1) is 0 Å². The maximum atomic E-state index is 11.2. The van der Waals surface area contributed by atoms with Crippen LogP contribution in [0.2, 0.25) is 0 Å². The molecular weight excluding hydrogens is 220 g/mol. The smallest absolute Gasteiger partial charge is 0.258 e. The molecule has 0 heterocycles. The molecule has 0 aliphatic heterocycles. The monoisotopic (exact) mass is 238 g/mol. The summed E-state index contributed by atoms with van der Waals surface area (Å²) in [7, 11) is 3.88.